The van der Waals surface area contributed by atoms with Crippen molar-refractivity contribution in [3.63, 3.8) is 0 Å². The summed E-state index contributed by atoms with van der Waals surface area (Å²) in [5.74, 6) is 0. The molecule has 0 unspecified atom stereocenters. The molecule has 146 valence electrons. The van der Waals surface area contributed by atoms with Gasteiger partial charge in [0, 0.05) is 17.1 Å². The summed E-state index contributed by atoms with van der Waals surface area (Å²) in [7, 11) is 0. The summed E-state index contributed by atoms with van der Waals surface area (Å²) in [6.07, 6.45) is 0. The number of hydrogen-bond acceptors (Lipinski definition) is 1. The molecule has 0 aliphatic carbocycles. The van der Waals surface area contributed by atoms with E-state index in [9.17, 15) is 0 Å². The number of benzene rings is 5. The standard InChI is InChI=1S/C30H18BN/c1-2-8-19(9-3-1)20-10-4-11-21(18-20)32-26-16-6-14-24-22-12-5-13-23-25-15-7-17-27(32)30(25)31(28(22)23)29(24)26/h1-18H. The first kappa shape index (κ1) is 16.6. The molecule has 0 saturated carbocycles. The van der Waals surface area contributed by atoms with Gasteiger partial charge in [-0.15, -0.1) is 0 Å². The Morgan fingerprint density at radius 3 is 1.62 bits per heavy atom. The predicted octanol–water partition coefficient (Wildman–Crippen LogP) is 5.61. The van der Waals surface area contributed by atoms with Crippen molar-refractivity contribution in [2.45, 2.75) is 0 Å². The fourth-order valence-electron chi connectivity index (χ4n) is 6.21. The monoisotopic (exact) mass is 403 g/mol. The Bertz CT molecular complexity index is 1510. The molecule has 3 aliphatic heterocycles. The SMILES string of the molecule is c1ccc(-c2cccc(N3c4cccc5c4B4c6c-5cccc6-c5cccc3c54)c2)cc1. The van der Waals surface area contributed by atoms with Crippen molar-refractivity contribution in [2.75, 3.05) is 4.90 Å². The first-order chi connectivity index (χ1) is 15.9. The van der Waals surface area contributed by atoms with E-state index in [1.54, 1.807) is 0 Å². The highest BCUT2D eigenvalue weighted by Crippen LogP contribution is 2.45. The Morgan fingerprint density at radius 2 is 0.969 bits per heavy atom. The van der Waals surface area contributed by atoms with Crippen LogP contribution in [0, 0.1) is 0 Å². The van der Waals surface area contributed by atoms with Crippen LogP contribution in [0.25, 0.3) is 33.4 Å². The molecule has 5 aromatic rings. The van der Waals surface area contributed by atoms with Crippen LogP contribution in [0.3, 0.4) is 0 Å². The lowest BCUT2D eigenvalue weighted by molar-refractivity contribution is 1.30. The van der Waals surface area contributed by atoms with E-state index in [0.29, 0.717) is 6.71 Å². The molecule has 0 spiro atoms. The van der Waals surface area contributed by atoms with Crippen LogP contribution in [0.15, 0.2) is 109 Å². The number of hydrogen-bond donors (Lipinski definition) is 0. The number of rotatable bonds is 2. The van der Waals surface area contributed by atoms with Gasteiger partial charge in [0.2, 0.25) is 6.71 Å². The van der Waals surface area contributed by atoms with Crippen molar-refractivity contribution in [1.29, 1.82) is 0 Å². The average molecular weight is 403 g/mol. The minimum atomic E-state index is 0.368. The highest BCUT2D eigenvalue weighted by atomic mass is 15.2. The highest BCUT2D eigenvalue weighted by molar-refractivity contribution is 7.04. The summed E-state index contributed by atoms with van der Waals surface area (Å²) in [6.45, 7) is 0.368. The zero-order valence-corrected chi connectivity index (χ0v) is 17.4. The molecule has 8 rings (SSSR count). The Hall–Kier alpha value is -4.04. The van der Waals surface area contributed by atoms with E-state index in [0.717, 1.165) is 0 Å². The van der Waals surface area contributed by atoms with E-state index >= 15 is 0 Å². The summed E-state index contributed by atoms with van der Waals surface area (Å²) >= 11 is 0. The minimum Gasteiger partial charge on any atom is -0.311 e. The maximum atomic E-state index is 2.48. The first-order valence-corrected chi connectivity index (χ1v) is 11.3. The molecular weight excluding hydrogens is 385 g/mol. The van der Waals surface area contributed by atoms with Crippen LogP contribution in [0.1, 0.15) is 0 Å². The van der Waals surface area contributed by atoms with Crippen LogP contribution in [0.5, 0.6) is 0 Å². The fourth-order valence-corrected chi connectivity index (χ4v) is 6.21. The van der Waals surface area contributed by atoms with Gasteiger partial charge in [-0.25, -0.2) is 0 Å². The van der Waals surface area contributed by atoms with Gasteiger partial charge in [-0.1, -0.05) is 90.4 Å². The van der Waals surface area contributed by atoms with Crippen molar-refractivity contribution in [2.24, 2.45) is 0 Å². The van der Waals surface area contributed by atoms with Crippen LogP contribution in [-0.4, -0.2) is 6.71 Å². The molecule has 0 amide bonds. The second-order valence-corrected chi connectivity index (χ2v) is 8.93. The molecule has 0 atom stereocenters. The molecular formula is C30H18BN. The average Bonchev–Trinajstić information content (AvgIpc) is 3.38. The van der Waals surface area contributed by atoms with Gasteiger partial charge in [0.25, 0.3) is 0 Å². The maximum absolute atomic E-state index is 2.48. The number of anilines is 3. The van der Waals surface area contributed by atoms with Gasteiger partial charge in [-0.2, -0.15) is 0 Å². The Morgan fingerprint density at radius 1 is 0.438 bits per heavy atom. The summed E-state index contributed by atoms with van der Waals surface area (Å²) in [4.78, 5) is 2.48. The molecule has 0 bridgehead atoms. The van der Waals surface area contributed by atoms with Gasteiger partial charge in [-0.05, 0) is 68.6 Å². The smallest absolute Gasteiger partial charge is 0.249 e. The normalized spacial score (nSPS) is 13.5. The van der Waals surface area contributed by atoms with Crippen molar-refractivity contribution in [3.8, 4) is 33.4 Å². The van der Waals surface area contributed by atoms with Crippen molar-refractivity contribution >= 4 is 40.2 Å². The second-order valence-electron chi connectivity index (χ2n) is 8.93. The van der Waals surface area contributed by atoms with E-state index in [4.69, 9.17) is 0 Å². The molecule has 0 radical (unpaired) electrons. The lowest BCUT2D eigenvalue weighted by Gasteiger charge is -2.35. The predicted molar refractivity (Wildman–Crippen MR) is 136 cm³/mol. The van der Waals surface area contributed by atoms with Crippen LogP contribution in [0.2, 0.25) is 0 Å². The van der Waals surface area contributed by atoms with Crippen LogP contribution < -0.4 is 21.3 Å². The van der Waals surface area contributed by atoms with E-state index in [2.05, 4.69) is 114 Å². The van der Waals surface area contributed by atoms with Crippen molar-refractivity contribution in [1.82, 2.24) is 0 Å². The topological polar surface area (TPSA) is 3.24 Å². The van der Waals surface area contributed by atoms with Crippen molar-refractivity contribution < 1.29 is 0 Å². The molecule has 0 fully saturated rings. The molecule has 0 aromatic heterocycles. The molecule has 32 heavy (non-hydrogen) atoms. The molecule has 3 heterocycles. The summed E-state index contributed by atoms with van der Waals surface area (Å²) in [6, 6.07) is 40.1. The first-order valence-electron chi connectivity index (χ1n) is 11.3. The Kier molecular flexibility index (Phi) is 3.02. The molecule has 5 aromatic carbocycles. The number of nitrogens with zero attached hydrogens (tertiary/aromatic N) is 1. The zero-order chi connectivity index (χ0) is 20.8. The largest absolute Gasteiger partial charge is 0.311 e. The van der Waals surface area contributed by atoms with Gasteiger partial charge in [0.15, 0.2) is 0 Å². The molecule has 1 nitrogen and oxygen atoms in total. The fraction of sp³-hybridized carbons (Fsp3) is 0. The lowest BCUT2D eigenvalue weighted by Crippen LogP contribution is -2.52. The summed E-state index contributed by atoms with van der Waals surface area (Å²) in [5.41, 5.74) is 16.4. The zero-order valence-electron chi connectivity index (χ0n) is 17.4. The third-order valence-corrected chi connectivity index (χ3v) is 7.41. The lowest BCUT2D eigenvalue weighted by atomic mass is 9.39. The Labute approximate surface area is 187 Å². The minimum absolute atomic E-state index is 0.368. The summed E-state index contributed by atoms with van der Waals surface area (Å²) < 4.78 is 0. The summed E-state index contributed by atoms with van der Waals surface area (Å²) in [5, 5.41) is 0. The van der Waals surface area contributed by atoms with Gasteiger partial charge in [0.1, 0.15) is 0 Å². The van der Waals surface area contributed by atoms with Crippen LogP contribution >= 0.6 is 0 Å². The van der Waals surface area contributed by atoms with Gasteiger partial charge < -0.3 is 4.90 Å². The van der Waals surface area contributed by atoms with E-state index in [-0.39, 0.29) is 0 Å². The second kappa shape index (κ2) is 5.80. The maximum Gasteiger partial charge on any atom is 0.249 e. The van der Waals surface area contributed by atoms with E-state index in [1.165, 1.54) is 66.8 Å². The van der Waals surface area contributed by atoms with Crippen LogP contribution in [-0.2, 0) is 0 Å². The van der Waals surface area contributed by atoms with Crippen LogP contribution in [0.4, 0.5) is 17.1 Å². The molecule has 2 heteroatoms. The number of fused-ring (bicyclic) bond motifs is 2. The van der Waals surface area contributed by atoms with Gasteiger partial charge in [0.05, 0.1) is 0 Å². The molecule has 0 saturated heterocycles. The highest BCUT2D eigenvalue weighted by Gasteiger charge is 2.48. The van der Waals surface area contributed by atoms with E-state index < -0.39 is 0 Å². The Balaban J connectivity index is 1.44. The van der Waals surface area contributed by atoms with Gasteiger partial charge >= 0.3 is 0 Å². The van der Waals surface area contributed by atoms with E-state index in [1.807, 2.05) is 0 Å². The molecule has 3 aliphatic rings. The van der Waals surface area contributed by atoms with Crippen molar-refractivity contribution in [3.05, 3.63) is 109 Å². The van der Waals surface area contributed by atoms with Gasteiger partial charge in [-0.3, -0.25) is 0 Å². The third-order valence-electron chi connectivity index (χ3n) is 7.41. The third kappa shape index (κ3) is 1.91. The molecule has 0 N–H and O–H groups in total. The quantitative estimate of drug-likeness (QED) is 0.339.